The Morgan fingerprint density at radius 2 is 1.94 bits per heavy atom. The molecule has 4 heterocycles. The van der Waals surface area contributed by atoms with E-state index in [2.05, 4.69) is 10.6 Å². The van der Waals surface area contributed by atoms with Crippen LogP contribution < -0.4 is 10.6 Å². The number of imide groups is 1. The summed E-state index contributed by atoms with van der Waals surface area (Å²) >= 11 is 1.62. The quantitative estimate of drug-likeness (QED) is 0.564. The first kappa shape index (κ1) is 22.1. The lowest BCUT2D eigenvalue weighted by Gasteiger charge is -2.37. The second-order valence-electron chi connectivity index (χ2n) is 8.43. The largest absolute Gasteiger partial charge is 0.340 e. The lowest BCUT2D eigenvalue weighted by molar-refractivity contribution is -0.127. The molecule has 0 aliphatic carbocycles. The zero-order chi connectivity index (χ0) is 24.0. The van der Waals surface area contributed by atoms with Gasteiger partial charge in [-0.3, -0.25) is 24.2 Å². The van der Waals surface area contributed by atoms with Crippen molar-refractivity contribution < 1.29 is 14.4 Å². The Labute approximate surface area is 200 Å². The number of amides is 4. The van der Waals surface area contributed by atoms with Crippen LogP contribution >= 0.6 is 11.3 Å². The third-order valence-electron chi connectivity index (χ3n) is 5.94. The van der Waals surface area contributed by atoms with Gasteiger partial charge >= 0.3 is 6.03 Å². The van der Waals surface area contributed by atoms with Gasteiger partial charge in [0.15, 0.2) is 17.2 Å². The highest BCUT2D eigenvalue weighted by molar-refractivity contribution is 7.16. The number of hydrogen-bond donors (Lipinski definition) is 2. The van der Waals surface area contributed by atoms with Gasteiger partial charge in [0.25, 0.3) is 5.91 Å². The van der Waals surface area contributed by atoms with Crippen LogP contribution in [-0.2, 0) is 22.6 Å². The number of likely N-dealkylation sites (N-methyl/N-ethyl adjacent to an activating group) is 1. The van der Waals surface area contributed by atoms with Gasteiger partial charge in [-0.1, -0.05) is 12.1 Å². The molecule has 0 spiro atoms. The number of hydrogen-bond acceptors (Lipinski definition) is 7. The number of imidazole rings is 1. The fourth-order valence-corrected chi connectivity index (χ4v) is 5.30. The third-order valence-corrected chi connectivity index (χ3v) is 6.85. The maximum atomic E-state index is 12.9. The summed E-state index contributed by atoms with van der Waals surface area (Å²) in [6.45, 7) is 6.25. The van der Waals surface area contributed by atoms with Gasteiger partial charge in [-0.05, 0) is 31.5 Å². The fraction of sp³-hybridized carbons (Fsp3) is 0.348. The minimum Gasteiger partial charge on any atom is -0.340 e. The highest BCUT2D eigenvalue weighted by atomic mass is 32.1. The van der Waals surface area contributed by atoms with Crippen molar-refractivity contribution >= 4 is 45.7 Å². The topological polar surface area (TPSA) is 111 Å². The summed E-state index contributed by atoms with van der Waals surface area (Å²) in [5.74, 6) is 0.226. The molecule has 2 aliphatic rings. The number of aliphatic imine (C=N–C) groups is 1. The molecule has 34 heavy (non-hydrogen) atoms. The number of carbonyl (C=O) groups is 3. The van der Waals surface area contributed by atoms with Crippen molar-refractivity contribution in [1.29, 1.82) is 0 Å². The van der Waals surface area contributed by atoms with Crippen LogP contribution in [0.4, 0.5) is 10.5 Å². The predicted octanol–water partition coefficient (Wildman–Crippen LogP) is 2.39. The number of carbonyl (C=O) groups excluding carboxylic acids is 3. The van der Waals surface area contributed by atoms with Crippen LogP contribution in [0.5, 0.6) is 0 Å². The summed E-state index contributed by atoms with van der Waals surface area (Å²) in [6, 6.07) is 6.44. The molecule has 2 aromatic heterocycles. The second-order valence-corrected chi connectivity index (χ2v) is 9.64. The minimum absolute atomic E-state index is 0.136. The molecule has 1 fully saturated rings. The number of benzene rings is 1. The summed E-state index contributed by atoms with van der Waals surface area (Å²) in [7, 11) is 0. The van der Waals surface area contributed by atoms with E-state index in [-0.39, 0.29) is 11.8 Å². The number of aryl methyl sites for hydroxylation is 1. The Morgan fingerprint density at radius 1 is 1.18 bits per heavy atom. The summed E-state index contributed by atoms with van der Waals surface area (Å²) in [4.78, 5) is 51.8. The molecule has 2 unspecified atom stereocenters. The van der Waals surface area contributed by atoms with Crippen molar-refractivity contribution in [1.82, 2.24) is 24.5 Å². The molecule has 1 saturated heterocycles. The van der Waals surface area contributed by atoms with E-state index in [1.165, 1.54) is 11.8 Å². The number of urea groups is 1. The van der Waals surface area contributed by atoms with Gasteiger partial charge in [0.05, 0.1) is 5.69 Å². The normalized spacial score (nSPS) is 19.9. The van der Waals surface area contributed by atoms with Crippen LogP contribution in [0.1, 0.15) is 30.0 Å². The Hall–Kier alpha value is -3.73. The van der Waals surface area contributed by atoms with E-state index in [4.69, 9.17) is 9.98 Å². The van der Waals surface area contributed by atoms with E-state index >= 15 is 0 Å². The minimum atomic E-state index is -0.617. The Kier molecular flexibility index (Phi) is 5.56. The number of amidine groups is 1. The molecule has 10 nitrogen and oxygen atoms in total. The van der Waals surface area contributed by atoms with Crippen molar-refractivity contribution in [3.8, 4) is 0 Å². The molecule has 3 aromatic rings. The highest BCUT2D eigenvalue weighted by Gasteiger charge is 2.49. The molecular weight excluding hydrogens is 454 g/mol. The van der Waals surface area contributed by atoms with Gasteiger partial charge in [0.1, 0.15) is 5.84 Å². The van der Waals surface area contributed by atoms with Gasteiger partial charge in [0, 0.05) is 49.4 Å². The number of nitrogens with zero attached hydrogens (tertiary/aromatic N) is 5. The smallest absolute Gasteiger partial charge is 0.325 e. The van der Waals surface area contributed by atoms with E-state index in [9.17, 15) is 14.4 Å². The van der Waals surface area contributed by atoms with Crippen LogP contribution in [0.3, 0.4) is 0 Å². The van der Waals surface area contributed by atoms with Crippen molar-refractivity contribution in [2.75, 3.05) is 11.9 Å². The number of thiazole rings is 1. The molecule has 4 amide bonds. The van der Waals surface area contributed by atoms with Crippen molar-refractivity contribution in [2.24, 2.45) is 4.99 Å². The van der Waals surface area contributed by atoms with Gasteiger partial charge in [-0.25, -0.2) is 14.8 Å². The van der Waals surface area contributed by atoms with E-state index in [0.717, 1.165) is 16.2 Å². The highest BCUT2D eigenvalue weighted by Crippen LogP contribution is 2.28. The van der Waals surface area contributed by atoms with Crippen LogP contribution in [0.2, 0.25) is 0 Å². The SMILES string of the molecule is CCN1C(=O)NC(=O)C2C1N=C(Cc1cn3cc(C)sc3n1)N2Cc1ccc(NC(C)=O)cc1. The van der Waals surface area contributed by atoms with Crippen LogP contribution in [0.25, 0.3) is 4.96 Å². The van der Waals surface area contributed by atoms with Crippen LogP contribution in [0.15, 0.2) is 41.7 Å². The first-order valence-electron chi connectivity index (χ1n) is 11.1. The van der Waals surface area contributed by atoms with Crippen molar-refractivity contribution in [2.45, 2.75) is 45.9 Å². The van der Waals surface area contributed by atoms with E-state index in [1.807, 2.05) is 59.8 Å². The number of fused-ring (bicyclic) bond motifs is 2. The maximum absolute atomic E-state index is 12.9. The molecule has 0 saturated carbocycles. The van der Waals surface area contributed by atoms with Crippen LogP contribution in [0, 0.1) is 6.92 Å². The number of rotatable bonds is 6. The molecule has 176 valence electrons. The van der Waals surface area contributed by atoms with Crippen molar-refractivity contribution in [3.63, 3.8) is 0 Å². The zero-order valence-corrected chi connectivity index (χ0v) is 19.9. The van der Waals surface area contributed by atoms with Crippen molar-refractivity contribution in [3.05, 3.63) is 52.8 Å². The second kappa shape index (κ2) is 8.56. The van der Waals surface area contributed by atoms with Crippen LogP contribution in [-0.4, -0.2) is 61.6 Å². The first-order chi connectivity index (χ1) is 16.3. The lowest BCUT2D eigenvalue weighted by atomic mass is 10.1. The van der Waals surface area contributed by atoms with E-state index < -0.39 is 18.2 Å². The lowest BCUT2D eigenvalue weighted by Crippen LogP contribution is -2.64. The fourth-order valence-electron chi connectivity index (χ4n) is 4.47. The third kappa shape index (κ3) is 4.03. The average Bonchev–Trinajstić information content (AvgIpc) is 3.41. The number of anilines is 1. The van der Waals surface area contributed by atoms with E-state index in [1.54, 1.807) is 16.2 Å². The van der Waals surface area contributed by atoms with Gasteiger partial charge < -0.3 is 10.2 Å². The maximum Gasteiger partial charge on any atom is 0.325 e. The summed E-state index contributed by atoms with van der Waals surface area (Å²) in [5, 5.41) is 5.23. The average molecular weight is 480 g/mol. The Morgan fingerprint density at radius 3 is 2.62 bits per heavy atom. The molecule has 2 N–H and O–H groups in total. The monoisotopic (exact) mass is 479 g/mol. The summed E-state index contributed by atoms with van der Waals surface area (Å²) in [6.07, 6.45) is 3.88. The molecule has 0 radical (unpaired) electrons. The Bertz CT molecular complexity index is 1280. The summed E-state index contributed by atoms with van der Waals surface area (Å²) in [5.41, 5.74) is 2.51. The van der Waals surface area contributed by atoms with Gasteiger partial charge in [-0.15, -0.1) is 11.3 Å². The van der Waals surface area contributed by atoms with Gasteiger partial charge in [0.2, 0.25) is 5.91 Å². The number of nitrogens with one attached hydrogen (secondary N) is 2. The standard InChI is InChI=1S/C23H25N7O3S/c1-4-29-20-19(21(32)27-22(29)33)30(11-15-5-7-16(8-6-15)24-14(3)31)18(26-20)9-17-12-28-10-13(2)34-23(28)25-17/h5-8,10,12,19-20H,4,9,11H2,1-3H3,(H,24,31)(H,27,32,33). The summed E-state index contributed by atoms with van der Waals surface area (Å²) < 4.78 is 2.00. The molecule has 11 heteroatoms. The molecule has 0 bridgehead atoms. The van der Waals surface area contributed by atoms with E-state index in [0.29, 0.717) is 31.0 Å². The molecule has 1 aromatic carbocycles. The predicted molar refractivity (Wildman–Crippen MR) is 129 cm³/mol. The molecular formula is C23H25N7O3S. The molecule has 2 atom stereocenters. The molecule has 5 rings (SSSR count). The zero-order valence-electron chi connectivity index (χ0n) is 19.1. The Balaban J connectivity index is 1.46. The number of aromatic nitrogens is 2. The molecule has 2 aliphatic heterocycles. The first-order valence-corrected chi connectivity index (χ1v) is 11.9. The van der Waals surface area contributed by atoms with Gasteiger partial charge in [-0.2, -0.15) is 0 Å².